The Morgan fingerprint density at radius 2 is 2.25 bits per heavy atom. The van der Waals surface area contributed by atoms with Crippen LogP contribution in [0.3, 0.4) is 0 Å². The quantitative estimate of drug-likeness (QED) is 0.831. The molecule has 84 valence electrons. The van der Waals surface area contributed by atoms with E-state index in [4.69, 9.17) is 9.47 Å². The lowest BCUT2D eigenvalue weighted by Gasteiger charge is -2.21. The Hall–Kier alpha value is -1.62. The lowest BCUT2D eigenvalue weighted by Crippen LogP contribution is -2.26. The van der Waals surface area contributed by atoms with Gasteiger partial charge in [-0.15, -0.1) is 0 Å². The maximum atomic E-state index is 5.71. The first-order chi connectivity index (χ1) is 7.92. The van der Waals surface area contributed by atoms with Gasteiger partial charge in [-0.25, -0.2) is 4.98 Å². The minimum absolute atomic E-state index is 0.182. The summed E-state index contributed by atoms with van der Waals surface area (Å²) in [4.78, 5) is 11.5. The summed E-state index contributed by atoms with van der Waals surface area (Å²) in [6, 6.07) is 2.38. The molecule has 1 fully saturated rings. The summed E-state index contributed by atoms with van der Waals surface area (Å²) in [6.07, 6.45) is 5.62. The average Bonchev–Trinajstić information content (AvgIpc) is 2.77. The molecule has 2 aromatic rings. The molecule has 16 heavy (non-hydrogen) atoms. The van der Waals surface area contributed by atoms with E-state index in [0.29, 0.717) is 6.01 Å². The standard InChI is InChI=1S/C11H13N3O2/c1-4-12-10-8(1)7-13-11(14-10)16-9-2-5-15-6-3-9/h1,4,7,9H,2-3,5-6H2,(H,12,13,14). The van der Waals surface area contributed by atoms with Gasteiger partial charge in [0.25, 0.3) is 0 Å². The Balaban J connectivity index is 1.77. The molecule has 0 saturated carbocycles. The Labute approximate surface area is 92.8 Å². The van der Waals surface area contributed by atoms with Gasteiger partial charge in [0.1, 0.15) is 11.8 Å². The molecule has 5 nitrogen and oxygen atoms in total. The molecule has 5 heteroatoms. The van der Waals surface area contributed by atoms with Gasteiger partial charge in [0.15, 0.2) is 0 Å². The van der Waals surface area contributed by atoms with Crippen LogP contribution in [0.2, 0.25) is 0 Å². The fourth-order valence-electron chi connectivity index (χ4n) is 1.82. The first-order valence-corrected chi connectivity index (χ1v) is 5.46. The summed E-state index contributed by atoms with van der Waals surface area (Å²) >= 11 is 0. The van der Waals surface area contributed by atoms with Crippen LogP contribution in [0.25, 0.3) is 11.0 Å². The molecular formula is C11H13N3O2. The fraction of sp³-hybridized carbons (Fsp3) is 0.455. The zero-order chi connectivity index (χ0) is 10.8. The van der Waals surface area contributed by atoms with Gasteiger partial charge < -0.3 is 14.5 Å². The van der Waals surface area contributed by atoms with Gasteiger partial charge in [0.2, 0.25) is 0 Å². The maximum Gasteiger partial charge on any atom is 0.318 e. The second-order valence-electron chi connectivity index (χ2n) is 3.86. The summed E-state index contributed by atoms with van der Waals surface area (Å²) in [7, 11) is 0. The molecule has 0 spiro atoms. The van der Waals surface area contributed by atoms with Crippen LogP contribution in [0.15, 0.2) is 18.5 Å². The molecule has 0 radical (unpaired) electrons. The van der Waals surface area contributed by atoms with Crippen molar-refractivity contribution in [1.82, 2.24) is 15.0 Å². The molecule has 1 aliphatic heterocycles. The highest BCUT2D eigenvalue weighted by Gasteiger charge is 2.16. The van der Waals surface area contributed by atoms with Gasteiger partial charge in [-0.1, -0.05) is 0 Å². The van der Waals surface area contributed by atoms with Crippen molar-refractivity contribution in [2.45, 2.75) is 18.9 Å². The van der Waals surface area contributed by atoms with E-state index in [-0.39, 0.29) is 6.10 Å². The topological polar surface area (TPSA) is 60.0 Å². The molecule has 1 saturated heterocycles. The number of fused-ring (bicyclic) bond motifs is 1. The zero-order valence-electron chi connectivity index (χ0n) is 8.85. The molecule has 3 rings (SSSR count). The van der Waals surface area contributed by atoms with Crippen LogP contribution < -0.4 is 4.74 Å². The van der Waals surface area contributed by atoms with Crippen molar-refractivity contribution in [3.05, 3.63) is 18.5 Å². The zero-order valence-corrected chi connectivity index (χ0v) is 8.85. The molecule has 0 bridgehead atoms. The lowest BCUT2D eigenvalue weighted by molar-refractivity contribution is 0.0218. The molecule has 0 atom stereocenters. The van der Waals surface area contributed by atoms with Crippen LogP contribution in [0.4, 0.5) is 0 Å². The number of aromatic amines is 1. The van der Waals surface area contributed by atoms with E-state index in [2.05, 4.69) is 15.0 Å². The van der Waals surface area contributed by atoms with Crippen LogP contribution in [0.5, 0.6) is 6.01 Å². The first-order valence-electron chi connectivity index (χ1n) is 5.46. The van der Waals surface area contributed by atoms with Crippen LogP contribution in [-0.4, -0.2) is 34.3 Å². The summed E-state index contributed by atoms with van der Waals surface area (Å²) in [5, 5.41) is 0.999. The number of hydrogen-bond donors (Lipinski definition) is 1. The smallest absolute Gasteiger partial charge is 0.318 e. The average molecular weight is 219 g/mol. The summed E-state index contributed by atoms with van der Waals surface area (Å²) in [5.41, 5.74) is 0.817. The van der Waals surface area contributed by atoms with Crippen LogP contribution in [0, 0.1) is 0 Å². The summed E-state index contributed by atoms with van der Waals surface area (Å²) in [5.74, 6) is 0. The third-order valence-corrected chi connectivity index (χ3v) is 2.72. The number of ether oxygens (including phenoxy) is 2. The van der Waals surface area contributed by atoms with Gasteiger partial charge in [-0.3, -0.25) is 0 Å². The second-order valence-corrected chi connectivity index (χ2v) is 3.86. The van der Waals surface area contributed by atoms with Crippen molar-refractivity contribution < 1.29 is 9.47 Å². The Morgan fingerprint density at radius 3 is 3.12 bits per heavy atom. The molecule has 0 amide bonds. The predicted octanol–water partition coefficient (Wildman–Crippen LogP) is 1.52. The summed E-state index contributed by atoms with van der Waals surface area (Å²) < 4.78 is 11.0. The van der Waals surface area contributed by atoms with Gasteiger partial charge >= 0.3 is 6.01 Å². The molecule has 0 aromatic carbocycles. The van der Waals surface area contributed by atoms with E-state index in [1.807, 2.05) is 12.3 Å². The highest BCUT2D eigenvalue weighted by atomic mass is 16.5. The van der Waals surface area contributed by atoms with E-state index >= 15 is 0 Å². The molecule has 1 aliphatic rings. The lowest BCUT2D eigenvalue weighted by atomic mass is 10.2. The van der Waals surface area contributed by atoms with Gasteiger partial charge in [0, 0.05) is 30.6 Å². The number of H-pyrrole nitrogens is 1. The van der Waals surface area contributed by atoms with Crippen LogP contribution in [0.1, 0.15) is 12.8 Å². The van der Waals surface area contributed by atoms with Gasteiger partial charge in [0.05, 0.1) is 13.2 Å². The predicted molar refractivity (Wildman–Crippen MR) is 58.4 cm³/mol. The highest BCUT2D eigenvalue weighted by molar-refractivity contribution is 5.74. The second kappa shape index (κ2) is 4.09. The van der Waals surface area contributed by atoms with Crippen molar-refractivity contribution in [2.75, 3.05) is 13.2 Å². The molecule has 1 N–H and O–H groups in total. The van der Waals surface area contributed by atoms with Crippen molar-refractivity contribution >= 4 is 11.0 Å². The normalized spacial score (nSPS) is 17.8. The molecule has 0 aliphatic carbocycles. The number of nitrogens with one attached hydrogen (secondary N) is 1. The van der Waals surface area contributed by atoms with Gasteiger partial charge in [-0.05, 0) is 6.07 Å². The molecule has 3 heterocycles. The number of aromatic nitrogens is 3. The van der Waals surface area contributed by atoms with Crippen LogP contribution >= 0.6 is 0 Å². The third kappa shape index (κ3) is 1.86. The van der Waals surface area contributed by atoms with Crippen molar-refractivity contribution in [1.29, 1.82) is 0 Å². The van der Waals surface area contributed by atoms with E-state index in [0.717, 1.165) is 37.1 Å². The number of nitrogens with zero attached hydrogens (tertiary/aromatic N) is 2. The first kappa shape index (κ1) is 9.59. The van der Waals surface area contributed by atoms with E-state index in [1.165, 1.54) is 0 Å². The van der Waals surface area contributed by atoms with E-state index in [9.17, 15) is 0 Å². The van der Waals surface area contributed by atoms with E-state index < -0.39 is 0 Å². The number of hydrogen-bond acceptors (Lipinski definition) is 4. The van der Waals surface area contributed by atoms with Crippen molar-refractivity contribution in [3.8, 4) is 6.01 Å². The van der Waals surface area contributed by atoms with Crippen molar-refractivity contribution in [2.24, 2.45) is 0 Å². The molecule has 2 aromatic heterocycles. The Bertz CT molecular complexity index is 477. The van der Waals surface area contributed by atoms with Crippen molar-refractivity contribution in [3.63, 3.8) is 0 Å². The van der Waals surface area contributed by atoms with E-state index in [1.54, 1.807) is 6.20 Å². The monoisotopic (exact) mass is 219 g/mol. The third-order valence-electron chi connectivity index (χ3n) is 2.72. The minimum atomic E-state index is 0.182. The molecular weight excluding hydrogens is 206 g/mol. The Morgan fingerprint density at radius 1 is 1.38 bits per heavy atom. The number of rotatable bonds is 2. The molecule has 0 unspecified atom stereocenters. The van der Waals surface area contributed by atoms with Crippen LogP contribution in [-0.2, 0) is 4.74 Å². The largest absolute Gasteiger partial charge is 0.460 e. The maximum absolute atomic E-state index is 5.71. The fourth-order valence-corrected chi connectivity index (χ4v) is 1.82. The van der Waals surface area contributed by atoms with Gasteiger partial charge in [-0.2, -0.15) is 4.98 Å². The Kier molecular flexibility index (Phi) is 2.46. The highest BCUT2D eigenvalue weighted by Crippen LogP contribution is 2.16. The summed E-state index contributed by atoms with van der Waals surface area (Å²) in [6.45, 7) is 1.52. The SMILES string of the molecule is c1cc2cnc(OC3CCOCC3)nc2[nH]1. The minimum Gasteiger partial charge on any atom is -0.460 e.